The van der Waals surface area contributed by atoms with E-state index >= 15 is 0 Å². The largest absolute Gasteiger partial charge is 0.357 e. The van der Waals surface area contributed by atoms with Crippen molar-refractivity contribution in [2.24, 2.45) is 0 Å². The van der Waals surface area contributed by atoms with Gasteiger partial charge in [0.2, 0.25) is 0 Å². The third kappa shape index (κ3) is 6.04. The van der Waals surface area contributed by atoms with Crippen LogP contribution in [0.2, 0.25) is 0 Å². The third-order valence-corrected chi connectivity index (χ3v) is 2.14. The molecule has 0 fully saturated rings. The summed E-state index contributed by atoms with van der Waals surface area (Å²) in [6.45, 7) is 3.50. The van der Waals surface area contributed by atoms with E-state index in [2.05, 4.69) is 17.9 Å². The van der Waals surface area contributed by atoms with Gasteiger partial charge in [0, 0.05) is 20.2 Å². The molecule has 0 aliphatic carbocycles. The first kappa shape index (κ1) is 12.9. The summed E-state index contributed by atoms with van der Waals surface area (Å²) in [6.07, 6.45) is 0. The SMILES string of the molecule is CNCCN(CC(C)=O)C(S)OC. The molecule has 0 spiro atoms. The maximum atomic E-state index is 10.9. The Labute approximate surface area is 85.0 Å². The molecule has 0 saturated carbocycles. The van der Waals surface area contributed by atoms with E-state index in [9.17, 15) is 4.79 Å². The van der Waals surface area contributed by atoms with Gasteiger partial charge in [-0.1, -0.05) is 0 Å². The van der Waals surface area contributed by atoms with Crippen LogP contribution < -0.4 is 5.32 Å². The van der Waals surface area contributed by atoms with Crippen LogP contribution in [-0.4, -0.2) is 50.0 Å². The predicted molar refractivity (Wildman–Crippen MR) is 56.0 cm³/mol. The molecule has 1 N–H and O–H groups in total. The molecule has 5 heteroatoms. The molecule has 0 radical (unpaired) electrons. The molecule has 0 aliphatic heterocycles. The van der Waals surface area contributed by atoms with Crippen molar-refractivity contribution in [3.05, 3.63) is 0 Å². The molecule has 0 bridgehead atoms. The van der Waals surface area contributed by atoms with Crippen molar-refractivity contribution in [1.82, 2.24) is 10.2 Å². The number of carbonyl (C=O) groups excluding carboxylic acids is 1. The number of nitrogens with zero attached hydrogens (tertiary/aromatic N) is 1. The summed E-state index contributed by atoms with van der Waals surface area (Å²) in [5.74, 6) is 0.118. The second-order valence-electron chi connectivity index (χ2n) is 2.84. The highest BCUT2D eigenvalue weighted by Gasteiger charge is 2.14. The molecule has 0 saturated heterocycles. The van der Waals surface area contributed by atoms with E-state index in [4.69, 9.17) is 4.74 Å². The summed E-state index contributed by atoms with van der Waals surface area (Å²) in [5.41, 5.74) is -0.308. The topological polar surface area (TPSA) is 41.6 Å². The fraction of sp³-hybridized carbons (Fsp3) is 0.875. The van der Waals surface area contributed by atoms with E-state index in [-0.39, 0.29) is 11.3 Å². The number of methoxy groups -OCH3 is 1. The fourth-order valence-electron chi connectivity index (χ4n) is 0.958. The normalized spacial score (nSPS) is 13.3. The number of rotatable bonds is 7. The van der Waals surface area contributed by atoms with Crippen LogP contribution in [0.1, 0.15) is 6.92 Å². The smallest absolute Gasteiger partial charge is 0.155 e. The number of carbonyl (C=O) groups is 1. The number of Topliss-reactive ketones (excluding diaryl/α,β-unsaturated/α-hetero) is 1. The zero-order valence-electron chi connectivity index (χ0n) is 8.41. The van der Waals surface area contributed by atoms with Crippen LogP contribution in [0, 0.1) is 0 Å². The van der Waals surface area contributed by atoms with Gasteiger partial charge in [0.25, 0.3) is 0 Å². The maximum absolute atomic E-state index is 10.9. The lowest BCUT2D eigenvalue weighted by atomic mass is 10.4. The molecular weight excluding hydrogens is 188 g/mol. The number of likely N-dealkylation sites (N-methyl/N-ethyl adjacent to an activating group) is 1. The molecule has 0 aromatic carbocycles. The van der Waals surface area contributed by atoms with Gasteiger partial charge >= 0.3 is 0 Å². The van der Waals surface area contributed by atoms with Crippen molar-refractivity contribution in [2.75, 3.05) is 33.8 Å². The number of hydrogen-bond donors (Lipinski definition) is 2. The number of nitrogens with one attached hydrogen (secondary N) is 1. The standard InChI is InChI=1S/C8H18N2O2S/c1-7(11)6-10(5-4-9-2)8(13)12-3/h8-9,13H,4-6H2,1-3H3. The van der Waals surface area contributed by atoms with Crippen molar-refractivity contribution in [3.8, 4) is 0 Å². The Morgan fingerprint density at radius 2 is 2.31 bits per heavy atom. The molecule has 0 aromatic heterocycles. The lowest BCUT2D eigenvalue weighted by Gasteiger charge is -2.25. The third-order valence-electron chi connectivity index (χ3n) is 1.60. The molecule has 78 valence electrons. The van der Waals surface area contributed by atoms with E-state index in [1.54, 1.807) is 14.0 Å². The van der Waals surface area contributed by atoms with Crippen molar-refractivity contribution in [3.63, 3.8) is 0 Å². The quantitative estimate of drug-likeness (QED) is 0.453. The van der Waals surface area contributed by atoms with Gasteiger partial charge in [-0.05, 0) is 14.0 Å². The summed E-state index contributed by atoms with van der Waals surface area (Å²) in [7, 11) is 3.44. The summed E-state index contributed by atoms with van der Waals surface area (Å²) >= 11 is 4.20. The minimum absolute atomic E-state index is 0.118. The van der Waals surface area contributed by atoms with Crippen LogP contribution >= 0.6 is 12.6 Å². The van der Waals surface area contributed by atoms with Crippen LogP contribution in [0.3, 0.4) is 0 Å². The number of ketones is 1. The van der Waals surface area contributed by atoms with E-state index in [1.807, 2.05) is 11.9 Å². The van der Waals surface area contributed by atoms with Gasteiger partial charge in [0.1, 0.15) is 5.78 Å². The van der Waals surface area contributed by atoms with Crippen molar-refractivity contribution in [1.29, 1.82) is 0 Å². The zero-order valence-corrected chi connectivity index (χ0v) is 9.30. The second kappa shape index (κ2) is 7.32. The first-order valence-corrected chi connectivity index (χ1v) is 4.72. The van der Waals surface area contributed by atoms with Gasteiger partial charge in [0.15, 0.2) is 5.56 Å². The summed E-state index contributed by atoms with van der Waals surface area (Å²) in [6, 6.07) is 0. The molecule has 0 aromatic rings. The van der Waals surface area contributed by atoms with Crippen molar-refractivity contribution in [2.45, 2.75) is 12.5 Å². The van der Waals surface area contributed by atoms with Gasteiger partial charge < -0.3 is 10.1 Å². The Morgan fingerprint density at radius 3 is 2.69 bits per heavy atom. The monoisotopic (exact) mass is 206 g/mol. The highest BCUT2D eigenvalue weighted by molar-refractivity contribution is 7.80. The molecule has 13 heavy (non-hydrogen) atoms. The maximum Gasteiger partial charge on any atom is 0.155 e. The van der Waals surface area contributed by atoms with Gasteiger partial charge in [0.05, 0.1) is 6.54 Å². The molecule has 0 rings (SSSR count). The summed E-state index contributed by atoms with van der Waals surface area (Å²) in [4.78, 5) is 12.7. The Hall–Kier alpha value is -0.100. The molecule has 0 amide bonds. The minimum Gasteiger partial charge on any atom is -0.357 e. The minimum atomic E-state index is -0.308. The van der Waals surface area contributed by atoms with Crippen LogP contribution in [0.5, 0.6) is 0 Å². The molecular formula is C8H18N2O2S. The summed E-state index contributed by atoms with van der Waals surface area (Å²) in [5, 5.41) is 3.01. The molecule has 1 atom stereocenters. The molecule has 0 aliphatic rings. The van der Waals surface area contributed by atoms with Crippen molar-refractivity contribution < 1.29 is 9.53 Å². The van der Waals surface area contributed by atoms with Gasteiger partial charge in [-0.2, -0.15) is 0 Å². The van der Waals surface area contributed by atoms with Crippen LogP contribution in [-0.2, 0) is 9.53 Å². The van der Waals surface area contributed by atoms with Crippen LogP contribution in [0.15, 0.2) is 0 Å². The van der Waals surface area contributed by atoms with Crippen LogP contribution in [0.25, 0.3) is 0 Å². The Morgan fingerprint density at radius 1 is 1.69 bits per heavy atom. The van der Waals surface area contributed by atoms with Gasteiger partial charge in [-0.25, -0.2) is 0 Å². The Bertz CT molecular complexity index is 155. The van der Waals surface area contributed by atoms with Crippen molar-refractivity contribution >= 4 is 18.4 Å². The first-order chi connectivity index (χ1) is 6.11. The van der Waals surface area contributed by atoms with Gasteiger partial charge in [-0.3, -0.25) is 9.69 Å². The number of hydrogen-bond acceptors (Lipinski definition) is 5. The Balaban J connectivity index is 3.94. The van der Waals surface area contributed by atoms with E-state index < -0.39 is 0 Å². The highest BCUT2D eigenvalue weighted by atomic mass is 32.1. The van der Waals surface area contributed by atoms with E-state index in [0.717, 1.165) is 13.1 Å². The number of ether oxygens (including phenoxy) is 1. The Kier molecular flexibility index (Phi) is 7.26. The highest BCUT2D eigenvalue weighted by Crippen LogP contribution is 2.03. The van der Waals surface area contributed by atoms with E-state index in [0.29, 0.717) is 6.54 Å². The average Bonchev–Trinajstić information content (AvgIpc) is 2.10. The zero-order chi connectivity index (χ0) is 10.3. The second-order valence-corrected chi connectivity index (χ2v) is 3.28. The fourth-order valence-corrected chi connectivity index (χ4v) is 1.16. The molecule has 0 heterocycles. The lowest BCUT2D eigenvalue weighted by molar-refractivity contribution is -0.119. The first-order valence-electron chi connectivity index (χ1n) is 4.20. The molecule has 4 nitrogen and oxygen atoms in total. The van der Waals surface area contributed by atoms with Crippen LogP contribution in [0.4, 0.5) is 0 Å². The summed E-state index contributed by atoms with van der Waals surface area (Å²) < 4.78 is 5.02. The molecule has 1 unspecified atom stereocenters. The predicted octanol–water partition coefficient (Wildman–Crippen LogP) is -0.0434. The number of thiol groups is 1. The lowest BCUT2D eigenvalue weighted by Crippen LogP contribution is -2.40. The van der Waals surface area contributed by atoms with Gasteiger partial charge in [-0.15, -0.1) is 12.6 Å². The van der Waals surface area contributed by atoms with E-state index in [1.165, 1.54) is 0 Å². The average molecular weight is 206 g/mol.